The van der Waals surface area contributed by atoms with Crippen LogP contribution in [0.25, 0.3) is 10.1 Å². The largest absolute Gasteiger partial charge is 0.456 e. The van der Waals surface area contributed by atoms with Crippen LogP contribution in [0, 0.1) is 11.8 Å². The second-order valence-electron chi connectivity index (χ2n) is 7.94. The number of nitrogens with zero attached hydrogens (tertiary/aromatic N) is 1. The molecule has 0 bridgehead atoms. The number of hydrogen-bond donors (Lipinski definition) is 0. The summed E-state index contributed by atoms with van der Waals surface area (Å²) in [5, 5.41) is 5.02. The van der Waals surface area contributed by atoms with Gasteiger partial charge in [0.1, 0.15) is 16.2 Å². The zero-order chi connectivity index (χ0) is 18.6. The first-order chi connectivity index (χ1) is 12.3. The van der Waals surface area contributed by atoms with Gasteiger partial charge < -0.3 is 4.74 Å². The molecule has 0 aromatic carbocycles. The molecule has 2 aromatic heterocycles. The number of esters is 1. The Morgan fingerprint density at radius 1 is 1.12 bits per heavy atom. The molecule has 138 valence electrons. The van der Waals surface area contributed by atoms with Crippen LogP contribution < -0.4 is 4.90 Å². The molecule has 1 aliphatic carbocycles. The molecule has 0 spiro atoms. The van der Waals surface area contributed by atoms with Crippen LogP contribution in [-0.4, -0.2) is 23.4 Å². The van der Waals surface area contributed by atoms with Crippen molar-refractivity contribution in [1.29, 1.82) is 0 Å². The van der Waals surface area contributed by atoms with Crippen molar-refractivity contribution in [2.45, 2.75) is 52.1 Å². The molecule has 1 saturated carbocycles. The fraction of sp³-hybridized carbons (Fsp3) is 0.526. The Bertz CT molecular complexity index is 880. The SMILES string of the molecule is CC(C)(C)OC(=O)c1c(N2C(=O)C3CCCCC3C2=O)sc2cscc12. The lowest BCUT2D eigenvalue weighted by Gasteiger charge is -2.21. The Labute approximate surface area is 159 Å². The van der Waals surface area contributed by atoms with Crippen molar-refractivity contribution in [3.63, 3.8) is 0 Å². The van der Waals surface area contributed by atoms with Crippen LogP contribution in [0.2, 0.25) is 0 Å². The molecule has 7 heteroatoms. The monoisotopic (exact) mass is 391 g/mol. The van der Waals surface area contributed by atoms with Crippen LogP contribution in [0.4, 0.5) is 5.00 Å². The Kier molecular flexibility index (Phi) is 4.19. The molecule has 1 aliphatic heterocycles. The molecule has 2 aliphatic rings. The number of carbonyl (C=O) groups excluding carboxylic acids is 3. The highest BCUT2D eigenvalue weighted by Gasteiger charge is 2.50. The molecule has 26 heavy (non-hydrogen) atoms. The van der Waals surface area contributed by atoms with Crippen molar-refractivity contribution in [2.75, 3.05) is 4.90 Å². The first kappa shape index (κ1) is 17.7. The predicted molar refractivity (Wildman–Crippen MR) is 103 cm³/mol. The summed E-state index contributed by atoms with van der Waals surface area (Å²) in [6.07, 6.45) is 3.47. The van der Waals surface area contributed by atoms with E-state index in [9.17, 15) is 14.4 Å². The van der Waals surface area contributed by atoms with Gasteiger partial charge in [0.15, 0.2) is 0 Å². The van der Waals surface area contributed by atoms with Gasteiger partial charge in [-0.25, -0.2) is 9.69 Å². The molecule has 3 heterocycles. The van der Waals surface area contributed by atoms with Gasteiger partial charge in [-0.1, -0.05) is 12.8 Å². The van der Waals surface area contributed by atoms with E-state index in [2.05, 4.69) is 0 Å². The minimum atomic E-state index is -0.647. The fourth-order valence-electron chi connectivity index (χ4n) is 3.86. The number of ether oxygens (including phenoxy) is 1. The Morgan fingerprint density at radius 3 is 2.31 bits per heavy atom. The molecule has 0 N–H and O–H groups in total. The molecule has 2 atom stereocenters. The number of fused-ring (bicyclic) bond motifs is 2. The van der Waals surface area contributed by atoms with Crippen LogP contribution in [-0.2, 0) is 14.3 Å². The normalized spacial score (nSPS) is 23.6. The summed E-state index contributed by atoms with van der Waals surface area (Å²) in [4.78, 5) is 40.1. The Balaban J connectivity index is 1.80. The maximum atomic E-state index is 13.0. The number of carbonyl (C=O) groups is 3. The average molecular weight is 392 g/mol. The molecule has 2 amide bonds. The number of imide groups is 1. The van der Waals surface area contributed by atoms with Gasteiger partial charge in [0.25, 0.3) is 0 Å². The standard InChI is InChI=1S/C19H21NO4S2/c1-19(2,3)24-18(23)14-12-8-25-9-13(12)26-17(14)20-15(21)10-6-4-5-7-11(10)16(20)22/h8-11H,4-7H2,1-3H3. The number of thiophene rings is 2. The Morgan fingerprint density at radius 2 is 1.73 bits per heavy atom. The third-order valence-electron chi connectivity index (χ3n) is 4.96. The van der Waals surface area contributed by atoms with Gasteiger partial charge >= 0.3 is 5.97 Å². The Hall–Kier alpha value is -1.73. The highest BCUT2D eigenvalue weighted by molar-refractivity contribution is 7.26. The highest BCUT2D eigenvalue weighted by Crippen LogP contribution is 2.46. The number of anilines is 1. The van der Waals surface area contributed by atoms with Crippen LogP contribution >= 0.6 is 22.7 Å². The van der Waals surface area contributed by atoms with Crippen molar-refractivity contribution < 1.29 is 19.1 Å². The third-order valence-corrected chi connectivity index (χ3v) is 6.99. The van der Waals surface area contributed by atoms with E-state index in [0.29, 0.717) is 10.6 Å². The molecule has 1 saturated heterocycles. The average Bonchev–Trinajstić information content (AvgIpc) is 3.19. The fourth-order valence-corrected chi connectivity index (χ4v) is 6.04. The van der Waals surface area contributed by atoms with Crippen LogP contribution in [0.15, 0.2) is 10.8 Å². The van der Waals surface area contributed by atoms with Gasteiger partial charge in [-0.2, -0.15) is 11.3 Å². The van der Waals surface area contributed by atoms with Crippen LogP contribution in [0.5, 0.6) is 0 Å². The van der Waals surface area contributed by atoms with Gasteiger partial charge in [0.05, 0.1) is 11.8 Å². The molecule has 0 radical (unpaired) electrons. The lowest BCUT2D eigenvalue weighted by molar-refractivity contribution is -0.122. The summed E-state index contributed by atoms with van der Waals surface area (Å²) in [6.45, 7) is 5.42. The second-order valence-corrected chi connectivity index (χ2v) is 9.72. The molecule has 2 fully saturated rings. The minimum Gasteiger partial charge on any atom is -0.456 e. The summed E-state index contributed by atoms with van der Waals surface area (Å²) >= 11 is 2.83. The van der Waals surface area contributed by atoms with Crippen molar-refractivity contribution in [1.82, 2.24) is 0 Å². The summed E-state index contributed by atoms with van der Waals surface area (Å²) in [5.74, 6) is -1.26. The lowest BCUT2D eigenvalue weighted by atomic mass is 9.81. The number of amides is 2. The number of hydrogen-bond acceptors (Lipinski definition) is 6. The molecule has 2 aromatic rings. The van der Waals surface area contributed by atoms with Crippen LogP contribution in [0.1, 0.15) is 56.8 Å². The zero-order valence-corrected chi connectivity index (χ0v) is 16.7. The maximum absolute atomic E-state index is 13.0. The summed E-state index contributed by atoms with van der Waals surface area (Å²) in [7, 11) is 0. The minimum absolute atomic E-state index is 0.155. The molecule has 2 unspecified atom stereocenters. The summed E-state index contributed by atoms with van der Waals surface area (Å²) in [6, 6.07) is 0. The van der Waals surface area contributed by atoms with Gasteiger partial charge in [-0.05, 0) is 33.6 Å². The zero-order valence-electron chi connectivity index (χ0n) is 15.0. The van der Waals surface area contributed by atoms with Crippen molar-refractivity contribution in [2.24, 2.45) is 11.8 Å². The van der Waals surface area contributed by atoms with E-state index >= 15 is 0 Å². The van der Waals surface area contributed by atoms with E-state index in [-0.39, 0.29) is 23.7 Å². The van der Waals surface area contributed by atoms with Crippen molar-refractivity contribution in [3.8, 4) is 0 Å². The molecular weight excluding hydrogens is 370 g/mol. The van der Waals surface area contributed by atoms with Crippen molar-refractivity contribution >= 4 is 55.5 Å². The predicted octanol–water partition coefficient (Wildman–Crippen LogP) is 4.60. The number of rotatable bonds is 2. The molecular formula is C19H21NO4S2. The van der Waals surface area contributed by atoms with Gasteiger partial charge in [0.2, 0.25) is 11.8 Å². The second kappa shape index (κ2) is 6.16. The lowest BCUT2D eigenvalue weighted by Crippen LogP contribution is -2.32. The third kappa shape index (κ3) is 2.77. The van der Waals surface area contributed by atoms with E-state index < -0.39 is 11.6 Å². The maximum Gasteiger partial charge on any atom is 0.342 e. The quantitative estimate of drug-likeness (QED) is 0.554. The van der Waals surface area contributed by atoms with E-state index in [4.69, 9.17) is 4.74 Å². The van der Waals surface area contributed by atoms with E-state index in [1.54, 1.807) is 0 Å². The van der Waals surface area contributed by atoms with E-state index in [1.807, 2.05) is 31.5 Å². The smallest absolute Gasteiger partial charge is 0.342 e. The van der Waals surface area contributed by atoms with Crippen molar-refractivity contribution in [3.05, 3.63) is 16.3 Å². The summed E-state index contributed by atoms with van der Waals surface area (Å²) < 4.78 is 6.48. The highest BCUT2D eigenvalue weighted by atomic mass is 32.1. The first-order valence-corrected chi connectivity index (χ1v) is 10.6. The van der Waals surface area contributed by atoms with E-state index in [0.717, 1.165) is 35.8 Å². The van der Waals surface area contributed by atoms with Gasteiger partial charge in [-0.3, -0.25) is 9.59 Å². The van der Waals surface area contributed by atoms with Gasteiger partial charge in [0, 0.05) is 20.8 Å². The first-order valence-electron chi connectivity index (χ1n) is 8.88. The topological polar surface area (TPSA) is 63.7 Å². The molecule has 5 nitrogen and oxygen atoms in total. The van der Waals surface area contributed by atoms with Crippen LogP contribution in [0.3, 0.4) is 0 Å². The summed E-state index contributed by atoms with van der Waals surface area (Å²) in [5.41, 5.74) is -0.299. The van der Waals surface area contributed by atoms with Gasteiger partial charge in [-0.15, -0.1) is 11.3 Å². The molecule has 4 rings (SSSR count). The van der Waals surface area contributed by atoms with E-state index in [1.165, 1.54) is 27.6 Å².